The van der Waals surface area contributed by atoms with Crippen molar-refractivity contribution in [1.82, 2.24) is 14.5 Å². The van der Waals surface area contributed by atoms with Crippen LogP contribution in [0, 0.1) is 28.9 Å². The summed E-state index contributed by atoms with van der Waals surface area (Å²) >= 11 is 0. The van der Waals surface area contributed by atoms with Crippen LogP contribution in [0.1, 0.15) is 12.2 Å². The summed E-state index contributed by atoms with van der Waals surface area (Å²) in [5, 5.41) is 19.6. The Balaban J connectivity index is 2.02. The molecule has 2 rings (SSSR count). The van der Waals surface area contributed by atoms with Crippen LogP contribution >= 0.6 is 0 Å². The first kappa shape index (κ1) is 18.7. The van der Waals surface area contributed by atoms with Crippen molar-refractivity contribution < 1.29 is 32.8 Å². The average Bonchev–Trinajstić information content (AvgIpc) is 3.08. The van der Waals surface area contributed by atoms with Gasteiger partial charge in [0.05, 0.1) is 11.8 Å². The number of rotatable bonds is 5. The molecule has 1 N–H and O–H groups in total. The first-order chi connectivity index (χ1) is 11.5. The molecule has 1 amide bonds. The van der Waals surface area contributed by atoms with E-state index in [-0.39, 0.29) is 18.8 Å². The first-order valence-corrected chi connectivity index (χ1v) is 7.26. The molecule has 1 aliphatic rings. The number of hydrogen-bond acceptors (Lipinski definition) is 5. The second kappa shape index (κ2) is 6.69. The topological polar surface area (TPSA) is 119 Å². The summed E-state index contributed by atoms with van der Waals surface area (Å²) in [5.41, 5.74) is 0. The lowest BCUT2D eigenvalue weighted by atomic mass is 9.96. The number of imidazole rings is 1. The van der Waals surface area contributed by atoms with Crippen molar-refractivity contribution in [1.29, 1.82) is 0 Å². The number of alkyl halides is 3. The predicted octanol–water partition coefficient (Wildman–Crippen LogP) is 1.21. The van der Waals surface area contributed by atoms with Crippen molar-refractivity contribution in [3.63, 3.8) is 0 Å². The Kier molecular flexibility index (Phi) is 4.99. The summed E-state index contributed by atoms with van der Waals surface area (Å²) in [5.74, 6) is -6.15. The molecule has 0 radical (unpaired) electrons. The predicted molar refractivity (Wildman–Crippen MR) is 75.5 cm³/mol. The fourth-order valence-electron chi connectivity index (χ4n) is 2.77. The Bertz CT molecular complexity index is 702. The molecule has 25 heavy (non-hydrogen) atoms. The van der Waals surface area contributed by atoms with Gasteiger partial charge in [0, 0.05) is 33.0 Å². The molecule has 1 aromatic rings. The van der Waals surface area contributed by atoms with Crippen LogP contribution in [-0.4, -0.2) is 55.6 Å². The summed E-state index contributed by atoms with van der Waals surface area (Å²) in [6, 6.07) is 0. The van der Waals surface area contributed by atoms with E-state index in [0.717, 1.165) is 11.1 Å². The van der Waals surface area contributed by atoms with E-state index >= 15 is 0 Å². The number of hydrogen-bond donors (Lipinski definition) is 1. The highest BCUT2D eigenvalue weighted by atomic mass is 19.4. The molecule has 0 aromatic carbocycles. The van der Waals surface area contributed by atoms with Crippen molar-refractivity contribution in [2.75, 3.05) is 13.1 Å². The Morgan fingerprint density at radius 2 is 2.08 bits per heavy atom. The highest BCUT2D eigenvalue weighted by molar-refractivity contribution is 5.79. The monoisotopic (exact) mass is 364 g/mol. The lowest BCUT2D eigenvalue weighted by Crippen LogP contribution is -2.34. The summed E-state index contributed by atoms with van der Waals surface area (Å²) in [4.78, 5) is 37.6. The van der Waals surface area contributed by atoms with Crippen molar-refractivity contribution in [2.45, 2.75) is 26.1 Å². The fourth-order valence-corrected chi connectivity index (χ4v) is 2.77. The number of nitro groups is 1. The van der Waals surface area contributed by atoms with Gasteiger partial charge in [-0.3, -0.25) is 9.59 Å². The van der Waals surface area contributed by atoms with Gasteiger partial charge >= 0.3 is 18.0 Å². The smallest absolute Gasteiger partial charge is 0.394 e. The Morgan fingerprint density at radius 3 is 2.52 bits per heavy atom. The zero-order valence-corrected chi connectivity index (χ0v) is 13.1. The van der Waals surface area contributed by atoms with Gasteiger partial charge in [0.2, 0.25) is 11.7 Å². The van der Waals surface area contributed by atoms with Gasteiger partial charge < -0.3 is 24.7 Å². The van der Waals surface area contributed by atoms with Crippen LogP contribution in [0.5, 0.6) is 0 Å². The van der Waals surface area contributed by atoms with Crippen LogP contribution in [-0.2, 0) is 16.1 Å². The van der Waals surface area contributed by atoms with Crippen LogP contribution in [0.2, 0.25) is 0 Å². The molecule has 12 heteroatoms. The van der Waals surface area contributed by atoms with E-state index in [0.29, 0.717) is 0 Å². The van der Waals surface area contributed by atoms with E-state index in [9.17, 15) is 32.9 Å². The maximum Gasteiger partial charge on any atom is 0.394 e. The molecule has 138 valence electrons. The zero-order valence-electron chi connectivity index (χ0n) is 13.1. The van der Waals surface area contributed by atoms with Crippen LogP contribution in [0.25, 0.3) is 0 Å². The Hall–Kier alpha value is -2.66. The van der Waals surface area contributed by atoms with Crippen molar-refractivity contribution >= 4 is 17.7 Å². The van der Waals surface area contributed by atoms with Gasteiger partial charge in [-0.05, 0) is 9.91 Å². The second-order valence-electron chi connectivity index (χ2n) is 5.74. The molecule has 1 fully saturated rings. The van der Waals surface area contributed by atoms with Gasteiger partial charge in [0.1, 0.15) is 6.20 Å². The van der Waals surface area contributed by atoms with Crippen LogP contribution in [0.4, 0.5) is 19.0 Å². The molecule has 1 aromatic heterocycles. The number of aliphatic carboxylic acids is 1. The van der Waals surface area contributed by atoms with E-state index in [1.807, 2.05) is 0 Å². The Morgan fingerprint density at radius 1 is 1.44 bits per heavy atom. The third-order valence-corrected chi connectivity index (χ3v) is 4.13. The summed E-state index contributed by atoms with van der Waals surface area (Å²) < 4.78 is 40.1. The molecular weight excluding hydrogens is 349 g/mol. The maximum atomic E-state index is 12.9. The van der Waals surface area contributed by atoms with Crippen molar-refractivity contribution in [3.8, 4) is 0 Å². The summed E-state index contributed by atoms with van der Waals surface area (Å²) in [7, 11) is 0. The number of carbonyl (C=O) groups excluding carboxylic acids is 1. The van der Waals surface area contributed by atoms with Gasteiger partial charge in [-0.25, -0.2) is 0 Å². The van der Waals surface area contributed by atoms with Gasteiger partial charge in [-0.15, -0.1) is 0 Å². The average molecular weight is 364 g/mol. The molecule has 1 aliphatic heterocycles. The molecule has 0 saturated carbocycles. The van der Waals surface area contributed by atoms with Crippen molar-refractivity contribution in [2.24, 2.45) is 11.8 Å². The molecule has 0 bridgehead atoms. The number of amides is 1. The number of halogens is 3. The maximum absolute atomic E-state index is 12.9. The van der Waals surface area contributed by atoms with Gasteiger partial charge in [0.25, 0.3) is 0 Å². The number of carboxylic acid groups (broad SMARTS) is 1. The minimum absolute atomic E-state index is 0.00354. The van der Waals surface area contributed by atoms with E-state index < -0.39 is 53.7 Å². The SMILES string of the molecule is Cc1nc([N+](=O)[O-])cn1CCC(=O)N1C[C@@H](C(F)(F)F)[C@H](C(=O)O)C1. The molecule has 0 spiro atoms. The van der Waals surface area contributed by atoms with E-state index in [2.05, 4.69) is 4.98 Å². The molecule has 0 aliphatic carbocycles. The molecule has 1 saturated heterocycles. The van der Waals surface area contributed by atoms with Gasteiger partial charge in [-0.1, -0.05) is 0 Å². The van der Waals surface area contributed by atoms with Crippen LogP contribution in [0.15, 0.2) is 6.20 Å². The lowest BCUT2D eigenvalue weighted by molar-refractivity contribution is -0.389. The third kappa shape index (κ3) is 4.06. The number of aromatic nitrogens is 2. The third-order valence-electron chi connectivity index (χ3n) is 4.13. The normalized spacial score (nSPS) is 20.7. The number of carboxylic acids is 1. The lowest BCUT2D eigenvalue weighted by Gasteiger charge is -2.18. The molecule has 0 unspecified atom stereocenters. The summed E-state index contributed by atoms with van der Waals surface area (Å²) in [6.45, 7) is 0.271. The number of carbonyl (C=O) groups is 2. The second-order valence-corrected chi connectivity index (χ2v) is 5.74. The minimum Gasteiger partial charge on any atom is -0.481 e. The van der Waals surface area contributed by atoms with Crippen molar-refractivity contribution in [3.05, 3.63) is 22.1 Å². The molecular formula is C13H15F3N4O5. The minimum atomic E-state index is -4.71. The number of nitrogens with zero attached hydrogens (tertiary/aromatic N) is 4. The first-order valence-electron chi connectivity index (χ1n) is 7.26. The standard InChI is InChI=1S/C13H15F3N4O5/c1-7-17-10(20(24)25)6-18(7)3-2-11(21)19-4-8(12(22)23)9(5-19)13(14,15)16/h6,8-9H,2-5H2,1H3,(H,22,23)/t8-,9-/m1/s1. The van der Waals surface area contributed by atoms with E-state index in [4.69, 9.17) is 5.11 Å². The van der Waals surface area contributed by atoms with E-state index in [1.165, 1.54) is 11.5 Å². The highest BCUT2D eigenvalue weighted by Gasteiger charge is 2.53. The largest absolute Gasteiger partial charge is 0.481 e. The fraction of sp³-hybridized carbons (Fsp3) is 0.615. The molecule has 2 atom stereocenters. The van der Waals surface area contributed by atoms with Gasteiger partial charge in [0.15, 0.2) is 0 Å². The zero-order chi connectivity index (χ0) is 18.9. The highest BCUT2D eigenvalue weighted by Crippen LogP contribution is 2.37. The molecule has 9 nitrogen and oxygen atoms in total. The number of likely N-dealkylation sites (tertiary alicyclic amines) is 1. The number of aryl methyl sites for hydroxylation is 2. The van der Waals surface area contributed by atoms with Gasteiger partial charge in [-0.2, -0.15) is 13.2 Å². The quantitative estimate of drug-likeness (QED) is 0.620. The van der Waals surface area contributed by atoms with Crippen LogP contribution < -0.4 is 0 Å². The van der Waals surface area contributed by atoms with E-state index in [1.54, 1.807) is 0 Å². The summed E-state index contributed by atoms with van der Waals surface area (Å²) in [6.07, 6.45) is -3.80. The Labute approximate surface area is 139 Å². The van der Waals surface area contributed by atoms with Crippen LogP contribution in [0.3, 0.4) is 0 Å². The molecule has 2 heterocycles.